The largest absolute Gasteiger partial charge is 0.436 e. The molecule has 7 nitrogen and oxygen atoms in total. The molecule has 12 heteroatoms. The standard InChI is InChI=1S/C21H17F4N3O4S/c1-11-15(21(23,24)25)10-26-20(32-16-7-8-17(22)27-12(16)2)18(11)19(29)28-13-5-4-6-14(9-13)33(3,30)31/h4-10H,1-3H3,(H,28,29). The quantitative estimate of drug-likeness (QED) is 0.417. The number of pyridine rings is 2. The van der Waals surface area contributed by atoms with E-state index < -0.39 is 50.4 Å². The molecule has 3 aromatic rings. The molecule has 2 heterocycles. The molecule has 1 N–H and O–H groups in total. The van der Waals surface area contributed by atoms with Crippen LogP contribution in [0.3, 0.4) is 0 Å². The molecule has 0 saturated heterocycles. The summed E-state index contributed by atoms with van der Waals surface area (Å²) < 4.78 is 82.6. The zero-order valence-electron chi connectivity index (χ0n) is 17.5. The lowest BCUT2D eigenvalue weighted by molar-refractivity contribution is -0.138. The first-order chi connectivity index (χ1) is 15.3. The first kappa shape index (κ1) is 24.1. The lowest BCUT2D eigenvalue weighted by Crippen LogP contribution is -2.19. The molecule has 0 atom stereocenters. The number of carbonyl (C=O) groups is 1. The fourth-order valence-corrected chi connectivity index (χ4v) is 3.60. The monoisotopic (exact) mass is 483 g/mol. The van der Waals surface area contributed by atoms with E-state index in [4.69, 9.17) is 4.74 Å². The number of hydrogen-bond acceptors (Lipinski definition) is 6. The Bertz CT molecular complexity index is 1340. The molecule has 0 unspecified atom stereocenters. The van der Waals surface area contributed by atoms with Gasteiger partial charge < -0.3 is 10.1 Å². The maximum atomic E-state index is 13.4. The molecule has 1 amide bonds. The lowest BCUT2D eigenvalue weighted by Gasteiger charge is -2.17. The average molecular weight is 483 g/mol. The second-order valence-electron chi connectivity index (χ2n) is 7.05. The van der Waals surface area contributed by atoms with E-state index in [9.17, 15) is 30.8 Å². The van der Waals surface area contributed by atoms with Crippen molar-refractivity contribution in [3.05, 3.63) is 70.9 Å². The number of benzene rings is 1. The molecule has 33 heavy (non-hydrogen) atoms. The van der Waals surface area contributed by atoms with E-state index >= 15 is 0 Å². The van der Waals surface area contributed by atoms with Crippen molar-refractivity contribution >= 4 is 21.4 Å². The van der Waals surface area contributed by atoms with Crippen LogP contribution in [-0.4, -0.2) is 30.5 Å². The number of hydrogen-bond donors (Lipinski definition) is 1. The summed E-state index contributed by atoms with van der Waals surface area (Å²) in [5, 5.41) is 2.37. The second kappa shape index (κ2) is 8.77. The van der Waals surface area contributed by atoms with Crippen LogP contribution < -0.4 is 10.1 Å². The Morgan fingerprint density at radius 1 is 1.12 bits per heavy atom. The molecule has 2 aromatic heterocycles. The van der Waals surface area contributed by atoms with Crippen molar-refractivity contribution in [1.29, 1.82) is 0 Å². The van der Waals surface area contributed by atoms with Crippen LogP contribution in [0.2, 0.25) is 0 Å². The first-order valence-corrected chi connectivity index (χ1v) is 11.2. The lowest BCUT2D eigenvalue weighted by atomic mass is 10.0. The van der Waals surface area contributed by atoms with Gasteiger partial charge in [-0.05, 0) is 49.7 Å². The predicted octanol–water partition coefficient (Wildman–Crippen LogP) is 4.70. The summed E-state index contributed by atoms with van der Waals surface area (Å²) in [4.78, 5) is 20.1. The van der Waals surface area contributed by atoms with Crippen molar-refractivity contribution < 1.29 is 35.5 Å². The molecule has 0 radical (unpaired) electrons. The van der Waals surface area contributed by atoms with Crippen LogP contribution in [0.1, 0.15) is 27.2 Å². The van der Waals surface area contributed by atoms with Crippen molar-refractivity contribution in [3.8, 4) is 11.6 Å². The third-order valence-corrected chi connectivity index (χ3v) is 5.68. The van der Waals surface area contributed by atoms with Gasteiger partial charge in [0, 0.05) is 18.1 Å². The van der Waals surface area contributed by atoms with E-state index in [-0.39, 0.29) is 22.0 Å². The van der Waals surface area contributed by atoms with Gasteiger partial charge in [0.25, 0.3) is 5.91 Å². The van der Waals surface area contributed by atoms with E-state index in [1.54, 1.807) is 0 Å². The highest BCUT2D eigenvalue weighted by molar-refractivity contribution is 7.90. The van der Waals surface area contributed by atoms with Gasteiger partial charge in [-0.2, -0.15) is 17.6 Å². The number of alkyl halides is 3. The number of carbonyl (C=O) groups excluding carboxylic acids is 1. The minimum Gasteiger partial charge on any atom is -0.436 e. The number of sulfone groups is 1. The third-order valence-electron chi connectivity index (χ3n) is 4.57. The number of aryl methyl sites for hydroxylation is 1. The van der Waals surface area contributed by atoms with E-state index in [2.05, 4.69) is 15.3 Å². The zero-order chi connectivity index (χ0) is 24.6. The predicted molar refractivity (Wildman–Crippen MR) is 110 cm³/mol. The molecule has 3 rings (SSSR count). The summed E-state index contributed by atoms with van der Waals surface area (Å²) in [5.41, 5.74) is -2.03. The first-order valence-electron chi connectivity index (χ1n) is 9.26. The third kappa shape index (κ3) is 5.45. The van der Waals surface area contributed by atoms with Crippen molar-refractivity contribution in [2.24, 2.45) is 0 Å². The molecule has 174 valence electrons. The molecule has 1 aromatic carbocycles. The van der Waals surface area contributed by atoms with Crippen molar-refractivity contribution in [1.82, 2.24) is 9.97 Å². The van der Waals surface area contributed by atoms with Crippen LogP contribution in [-0.2, 0) is 16.0 Å². The van der Waals surface area contributed by atoms with Gasteiger partial charge >= 0.3 is 6.18 Å². The summed E-state index contributed by atoms with van der Waals surface area (Å²) in [6, 6.07) is 7.39. The topological polar surface area (TPSA) is 98.2 Å². The molecular formula is C21H17F4N3O4S. The van der Waals surface area contributed by atoms with E-state index in [1.165, 1.54) is 31.2 Å². The summed E-state index contributed by atoms with van der Waals surface area (Å²) in [6.45, 7) is 2.49. The molecule has 0 fully saturated rings. The summed E-state index contributed by atoms with van der Waals surface area (Å²) in [5.74, 6) is -2.29. The van der Waals surface area contributed by atoms with Crippen LogP contribution in [0, 0.1) is 19.8 Å². The van der Waals surface area contributed by atoms with Crippen LogP contribution in [0.4, 0.5) is 23.2 Å². The fraction of sp³-hybridized carbons (Fsp3) is 0.190. The maximum Gasteiger partial charge on any atom is 0.418 e. The summed E-state index contributed by atoms with van der Waals surface area (Å²) in [7, 11) is -3.59. The molecule has 0 bridgehead atoms. The van der Waals surface area contributed by atoms with Gasteiger partial charge in [-0.3, -0.25) is 4.79 Å². The molecule has 0 aliphatic rings. The number of nitrogens with zero attached hydrogens (tertiary/aromatic N) is 2. The fourth-order valence-electron chi connectivity index (χ4n) is 2.94. The summed E-state index contributed by atoms with van der Waals surface area (Å²) in [6.07, 6.45) is -3.30. The van der Waals surface area contributed by atoms with Gasteiger partial charge in [0.2, 0.25) is 11.8 Å². The van der Waals surface area contributed by atoms with Crippen molar-refractivity contribution in [3.63, 3.8) is 0 Å². The normalized spacial score (nSPS) is 11.8. The molecule has 0 aliphatic heterocycles. The van der Waals surface area contributed by atoms with Gasteiger partial charge in [-0.25, -0.2) is 18.4 Å². The van der Waals surface area contributed by atoms with E-state index in [1.807, 2.05) is 0 Å². The number of anilines is 1. The highest BCUT2D eigenvalue weighted by atomic mass is 32.2. The Balaban J connectivity index is 2.08. The van der Waals surface area contributed by atoms with Gasteiger partial charge in [-0.15, -0.1) is 0 Å². The zero-order valence-corrected chi connectivity index (χ0v) is 18.3. The average Bonchev–Trinajstić information content (AvgIpc) is 2.68. The number of nitrogens with one attached hydrogen (secondary N) is 1. The highest BCUT2D eigenvalue weighted by Gasteiger charge is 2.36. The van der Waals surface area contributed by atoms with Crippen molar-refractivity contribution in [2.75, 3.05) is 11.6 Å². The minimum absolute atomic E-state index is 0.0174. The van der Waals surface area contributed by atoms with E-state index in [0.29, 0.717) is 6.20 Å². The Hall–Kier alpha value is -3.54. The Morgan fingerprint density at radius 2 is 1.82 bits per heavy atom. The summed E-state index contributed by atoms with van der Waals surface area (Å²) >= 11 is 0. The van der Waals surface area contributed by atoms with Crippen LogP contribution in [0.15, 0.2) is 47.5 Å². The number of halogens is 4. The molecule has 0 saturated carbocycles. The number of amides is 1. The van der Waals surface area contributed by atoms with Crippen LogP contribution in [0.25, 0.3) is 0 Å². The molecular weight excluding hydrogens is 466 g/mol. The molecule has 0 aliphatic carbocycles. The van der Waals surface area contributed by atoms with Crippen molar-refractivity contribution in [2.45, 2.75) is 24.9 Å². The molecule has 0 spiro atoms. The van der Waals surface area contributed by atoms with Crippen LogP contribution in [0.5, 0.6) is 11.6 Å². The maximum absolute atomic E-state index is 13.4. The smallest absolute Gasteiger partial charge is 0.418 e. The number of aromatic nitrogens is 2. The van der Waals surface area contributed by atoms with Crippen LogP contribution >= 0.6 is 0 Å². The Morgan fingerprint density at radius 3 is 2.42 bits per heavy atom. The van der Waals surface area contributed by atoms with Gasteiger partial charge in [0.1, 0.15) is 5.56 Å². The Kier molecular flexibility index (Phi) is 6.41. The van der Waals surface area contributed by atoms with Gasteiger partial charge in [-0.1, -0.05) is 6.07 Å². The minimum atomic E-state index is -4.80. The second-order valence-corrected chi connectivity index (χ2v) is 9.06. The highest BCUT2D eigenvalue weighted by Crippen LogP contribution is 2.37. The number of ether oxygens (including phenoxy) is 1. The van der Waals surface area contributed by atoms with Gasteiger partial charge in [0.15, 0.2) is 15.6 Å². The number of rotatable bonds is 5. The van der Waals surface area contributed by atoms with E-state index in [0.717, 1.165) is 25.3 Å². The SMILES string of the molecule is Cc1nc(F)ccc1Oc1ncc(C(F)(F)F)c(C)c1C(=O)Nc1cccc(S(C)(=O)=O)c1. The van der Waals surface area contributed by atoms with Gasteiger partial charge in [0.05, 0.1) is 16.2 Å². The Labute approximate surface area is 186 Å².